The Balaban J connectivity index is 1.79. The number of carbonyl (C=O) groups excluding carboxylic acids is 1. The summed E-state index contributed by atoms with van der Waals surface area (Å²) in [5, 5.41) is 20.9. The van der Waals surface area contributed by atoms with E-state index in [1.165, 1.54) is 18.2 Å². The first kappa shape index (κ1) is 16.5. The van der Waals surface area contributed by atoms with Crippen LogP contribution in [-0.4, -0.2) is 17.0 Å². The molecule has 1 fully saturated rings. The van der Waals surface area contributed by atoms with Gasteiger partial charge in [0.25, 0.3) is 5.91 Å². The quantitative estimate of drug-likeness (QED) is 0.641. The van der Waals surface area contributed by atoms with E-state index < -0.39 is 11.9 Å². The van der Waals surface area contributed by atoms with Crippen molar-refractivity contribution >= 4 is 23.6 Å². The zero-order valence-corrected chi connectivity index (χ0v) is 13.5. The maximum atomic E-state index is 12.3. The molecule has 1 saturated carbocycles. The number of amides is 1. The lowest BCUT2D eigenvalue weighted by atomic mass is 10.1. The second-order valence-corrected chi connectivity index (χ2v) is 6.03. The molecule has 25 heavy (non-hydrogen) atoms. The summed E-state index contributed by atoms with van der Waals surface area (Å²) in [6.07, 6.45) is 2.43. The van der Waals surface area contributed by atoms with E-state index in [-0.39, 0.29) is 16.8 Å². The van der Waals surface area contributed by atoms with Crippen LogP contribution in [0, 0.1) is 17.2 Å². The Morgan fingerprint density at radius 2 is 2.04 bits per heavy atom. The predicted molar refractivity (Wildman–Crippen MR) is 90.9 cm³/mol. The fourth-order valence-corrected chi connectivity index (χ4v) is 2.62. The number of nitrogens with one attached hydrogen (secondary N) is 1. The van der Waals surface area contributed by atoms with Gasteiger partial charge in [-0.05, 0) is 36.6 Å². The van der Waals surface area contributed by atoms with Crippen molar-refractivity contribution in [3.63, 3.8) is 0 Å². The highest BCUT2D eigenvalue weighted by atomic mass is 16.4. The molecule has 1 aromatic heterocycles. The van der Waals surface area contributed by atoms with Crippen LogP contribution in [0.1, 0.15) is 41.1 Å². The van der Waals surface area contributed by atoms with Crippen molar-refractivity contribution in [1.29, 1.82) is 5.26 Å². The minimum atomic E-state index is -1.16. The average molecular weight is 336 g/mol. The van der Waals surface area contributed by atoms with Crippen LogP contribution in [0.15, 0.2) is 46.4 Å². The molecule has 0 saturated heterocycles. The number of rotatable bonds is 5. The summed E-state index contributed by atoms with van der Waals surface area (Å²) in [6.45, 7) is 2.14. The van der Waals surface area contributed by atoms with Crippen LogP contribution >= 0.6 is 0 Å². The van der Waals surface area contributed by atoms with Crippen molar-refractivity contribution in [3.05, 3.63) is 59.1 Å². The highest BCUT2D eigenvalue weighted by Crippen LogP contribution is 2.47. The fraction of sp³-hybridized carbons (Fsp3) is 0.211. The van der Waals surface area contributed by atoms with Gasteiger partial charge in [-0.25, -0.2) is 4.79 Å². The van der Waals surface area contributed by atoms with E-state index in [9.17, 15) is 14.9 Å². The maximum absolute atomic E-state index is 12.3. The van der Waals surface area contributed by atoms with Crippen molar-refractivity contribution in [2.45, 2.75) is 19.3 Å². The molecule has 1 aromatic carbocycles. The second kappa shape index (κ2) is 6.65. The van der Waals surface area contributed by atoms with E-state index in [1.54, 1.807) is 18.2 Å². The van der Waals surface area contributed by atoms with Gasteiger partial charge in [-0.15, -0.1) is 0 Å². The van der Waals surface area contributed by atoms with E-state index in [4.69, 9.17) is 9.52 Å². The summed E-state index contributed by atoms with van der Waals surface area (Å²) in [4.78, 5) is 23.5. The van der Waals surface area contributed by atoms with Crippen LogP contribution in [0.3, 0.4) is 0 Å². The minimum Gasteiger partial charge on any atom is -0.478 e. The lowest BCUT2D eigenvalue weighted by molar-refractivity contribution is -0.112. The first-order chi connectivity index (χ1) is 12.0. The third-order valence-corrected chi connectivity index (χ3v) is 4.18. The fourth-order valence-electron chi connectivity index (χ4n) is 2.62. The Kier molecular flexibility index (Phi) is 4.40. The lowest BCUT2D eigenvalue weighted by Gasteiger charge is -2.07. The molecule has 0 unspecified atom stereocenters. The van der Waals surface area contributed by atoms with Crippen LogP contribution in [0.25, 0.3) is 6.08 Å². The van der Waals surface area contributed by atoms with Gasteiger partial charge in [-0.3, -0.25) is 4.79 Å². The molecule has 0 spiro atoms. The van der Waals surface area contributed by atoms with Crippen LogP contribution in [-0.2, 0) is 4.79 Å². The molecular weight excluding hydrogens is 320 g/mol. The van der Waals surface area contributed by atoms with Crippen molar-refractivity contribution in [2.24, 2.45) is 5.92 Å². The van der Waals surface area contributed by atoms with Gasteiger partial charge in [0.15, 0.2) is 0 Å². The van der Waals surface area contributed by atoms with Gasteiger partial charge in [0, 0.05) is 12.0 Å². The van der Waals surface area contributed by atoms with Crippen molar-refractivity contribution in [1.82, 2.24) is 0 Å². The zero-order chi connectivity index (χ0) is 18.0. The Morgan fingerprint density at radius 3 is 2.68 bits per heavy atom. The minimum absolute atomic E-state index is 0.0452. The van der Waals surface area contributed by atoms with Crippen molar-refractivity contribution in [2.75, 3.05) is 5.32 Å². The molecule has 0 bridgehead atoms. The number of nitrogens with zero attached hydrogens (tertiary/aromatic N) is 1. The first-order valence-electron chi connectivity index (χ1n) is 7.84. The monoisotopic (exact) mass is 336 g/mol. The van der Waals surface area contributed by atoms with E-state index in [1.807, 2.05) is 12.1 Å². The molecule has 2 atom stereocenters. The molecule has 1 amide bonds. The Labute approximate surface area is 144 Å². The number of carbonyl (C=O) groups is 2. The lowest BCUT2D eigenvalue weighted by Crippen LogP contribution is -2.16. The van der Waals surface area contributed by atoms with Gasteiger partial charge < -0.3 is 14.8 Å². The number of nitriles is 1. The molecule has 2 aromatic rings. The van der Waals surface area contributed by atoms with Gasteiger partial charge in [0.2, 0.25) is 0 Å². The van der Waals surface area contributed by atoms with E-state index in [0.29, 0.717) is 17.6 Å². The standard InChI is InChI=1S/C19H16N2O4/c1-11-8-15(11)17-7-6-13(25-17)9-12(10-20)18(22)21-16-5-3-2-4-14(16)19(23)24/h2-7,9,11,15H,8H2,1H3,(H,21,22)(H,23,24)/b12-9+/t11-,15-/m1/s1. The molecule has 126 valence electrons. The van der Waals surface area contributed by atoms with Gasteiger partial charge in [-0.2, -0.15) is 5.26 Å². The van der Waals surface area contributed by atoms with E-state index >= 15 is 0 Å². The predicted octanol–water partition coefficient (Wildman–Crippen LogP) is 3.65. The molecule has 2 N–H and O–H groups in total. The first-order valence-corrected chi connectivity index (χ1v) is 7.84. The molecule has 0 radical (unpaired) electrons. The Morgan fingerprint density at radius 1 is 1.32 bits per heavy atom. The van der Waals surface area contributed by atoms with Crippen LogP contribution in [0.4, 0.5) is 5.69 Å². The number of aromatic carboxylic acids is 1. The molecular formula is C19H16N2O4. The van der Waals surface area contributed by atoms with Gasteiger partial charge in [-0.1, -0.05) is 19.1 Å². The summed E-state index contributed by atoms with van der Waals surface area (Å²) in [6, 6.07) is 11.4. The largest absolute Gasteiger partial charge is 0.478 e. The summed E-state index contributed by atoms with van der Waals surface area (Å²) >= 11 is 0. The Hall–Kier alpha value is -3.33. The second-order valence-electron chi connectivity index (χ2n) is 6.03. The number of para-hydroxylation sites is 1. The van der Waals surface area contributed by atoms with Gasteiger partial charge >= 0.3 is 5.97 Å². The van der Waals surface area contributed by atoms with E-state index in [2.05, 4.69) is 12.2 Å². The van der Waals surface area contributed by atoms with Crippen LogP contribution < -0.4 is 5.32 Å². The smallest absolute Gasteiger partial charge is 0.337 e. The number of carboxylic acids is 1. The molecule has 6 nitrogen and oxygen atoms in total. The Bertz CT molecular complexity index is 904. The maximum Gasteiger partial charge on any atom is 0.337 e. The summed E-state index contributed by atoms with van der Waals surface area (Å²) in [7, 11) is 0. The van der Waals surface area contributed by atoms with E-state index in [0.717, 1.165) is 12.2 Å². The van der Waals surface area contributed by atoms with Gasteiger partial charge in [0.1, 0.15) is 23.2 Å². The summed E-state index contributed by atoms with van der Waals surface area (Å²) in [5.74, 6) is 0.430. The molecule has 6 heteroatoms. The molecule has 0 aliphatic heterocycles. The number of benzene rings is 1. The number of anilines is 1. The highest BCUT2D eigenvalue weighted by molar-refractivity contribution is 6.11. The average Bonchev–Trinajstić information content (AvgIpc) is 3.14. The normalized spacial score (nSPS) is 19.1. The molecule has 1 aliphatic rings. The molecule has 1 heterocycles. The third-order valence-electron chi connectivity index (χ3n) is 4.18. The number of carboxylic acid groups (broad SMARTS) is 1. The highest BCUT2D eigenvalue weighted by Gasteiger charge is 2.36. The number of hydrogen-bond acceptors (Lipinski definition) is 4. The third kappa shape index (κ3) is 3.61. The van der Waals surface area contributed by atoms with Gasteiger partial charge in [0.05, 0.1) is 11.3 Å². The van der Waals surface area contributed by atoms with Crippen molar-refractivity contribution in [3.8, 4) is 6.07 Å². The van der Waals surface area contributed by atoms with Crippen LogP contribution in [0.5, 0.6) is 0 Å². The summed E-state index contributed by atoms with van der Waals surface area (Å²) in [5.41, 5.74) is -0.0748. The molecule has 1 aliphatic carbocycles. The number of furan rings is 1. The molecule has 3 rings (SSSR count). The number of hydrogen-bond donors (Lipinski definition) is 2. The topological polar surface area (TPSA) is 103 Å². The van der Waals surface area contributed by atoms with Crippen molar-refractivity contribution < 1.29 is 19.1 Å². The zero-order valence-electron chi connectivity index (χ0n) is 13.5. The van der Waals surface area contributed by atoms with Crippen LogP contribution in [0.2, 0.25) is 0 Å². The summed E-state index contributed by atoms with van der Waals surface area (Å²) < 4.78 is 5.67. The SMILES string of the molecule is C[C@@H]1C[C@H]1c1ccc(/C=C(\C#N)C(=O)Nc2ccccc2C(=O)O)o1.